The molecule has 0 bridgehead atoms. The quantitative estimate of drug-likeness (QED) is 0.154. The predicted octanol–water partition coefficient (Wildman–Crippen LogP) is 8.41. The van der Waals surface area contributed by atoms with Crippen molar-refractivity contribution in [3.63, 3.8) is 0 Å². The van der Waals surface area contributed by atoms with Gasteiger partial charge < -0.3 is 29.1 Å². The second-order valence-corrected chi connectivity index (χ2v) is 15.6. The number of nitrogens with zero attached hydrogens (tertiary/aromatic N) is 4. The largest absolute Gasteiger partial charge is 0.390 e. The van der Waals surface area contributed by atoms with E-state index < -0.39 is 24.3 Å². The van der Waals surface area contributed by atoms with E-state index in [1.807, 2.05) is 57.4 Å². The van der Waals surface area contributed by atoms with Gasteiger partial charge in [-0.2, -0.15) is 0 Å². The summed E-state index contributed by atoms with van der Waals surface area (Å²) in [5, 5.41) is 28.8. The van der Waals surface area contributed by atoms with E-state index in [1.165, 1.54) is 0 Å². The van der Waals surface area contributed by atoms with Gasteiger partial charge in [0.2, 0.25) is 0 Å². The lowest BCUT2D eigenvalue weighted by Gasteiger charge is -2.40. The Morgan fingerprint density at radius 1 is 0.591 bits per heavy atom. The molecule has 0 spiro atoms. The molecular formula is C34H34Br4N4O2. The molecule has 44 heavy (non-hydrogen) atoms. The molecule has 0 radical (unpaired) electrons. The number of aliphatic hydroxyl groups is 2. The second kappa shape index (κ2) is 12.8. The molecule has 6 nitrogen and oxygen atoms in total. The van der Waals surface area contributed by atoms with Gasteiger partial charge in [0, 0.05) is 68.0 Å². The monoisotopic (exact) mass is 846 g/mol. The molecule has 4 atom stereocenters. The molecule has 0 aliphatic carbocycles. The number of halogens is 4. The van der Waals surface area contributed by atoms with Crippen LogP contribution in [0.2, 0.25) is 0 Å². The van der Waals surface area contributed by atoms with Crippen LogP contribution in [0.15, 0.2) is 90.7 Å². The van der Waals surface area contributed by atoms with E-state index >= 15 is 0 Å². The minimum absolute atomic E-state index is 0.353. The molecule has 6 rings (SSSR count). The van der Waals surface area contributed by atoms with Crippen molar-refractivity contribution < 1.29 is 10.2 Å². The van der Waals surface area contributed by atoms with Gasteiger partial charge in [-0.3, -0.25) is 0 Å². The molecule has 2 heterocycles. The third-order valence-electron chi connectivity index (χ3n) is 8.47. The molecule has 2 N–H and O–H groups in total. The summed E-state index contributed by atoms with van der Waals surface area (Å²) < 4.78 is 8.44. The molecule has 4 aromatic carbocycles. The number of benzene rings is 4. The van der Waals surface area contributed by atoms with Crippen LogP contribution in [-0.2, 0) is 6.54 Å². The van der Waals surface area contributed by atoms with Gasteiger partial charge in [0.1, 0.15) is 0 Å². The summed E-state index contributed by atoms with van der Waals surface area (Å²) in [6.45, 7) is 0.791. The van der Waals surface area contributed by atoms with Crippen LogP contribution in [-0.4, -0.2) is 82.1 Å². The Labute approximate surface area is 290 Å². The predicted molar refractivity (Wildman–Crippen MR) is 197 cm³/mol. The molecule has 10 heteroatoms. The zero-order valence-electron chi connectivity index (χ0n) is 24.8. The SMILES string of the molecule is CN(C)CC(O)C(C(C(O)Cn1c2ccc(Br)cc2c2cc(Br)ccc21)N(C)C)n1c2ccc(Br)cc2c2cc(Br)ccc21. The lowest BCUT2D eigenvalue weighted by Crippen LogP contribution is -2.52. The first-order valence-corrected chi connectivity index (χ1v) is 17.5. The van der Waals surface area contributed by atoms with Crippen LogP contribution in [0.4, 0.5) is 0 Å². The number of fused-ring (bicyclic) bond motifs is 6. The van der Waals surface area contributed by atoms with Crippen molar-refractivity contribution in [2.24, 2.45) is 0 Å². The van der Waals surface area contributed by atoms with E-state index in [4.69, 9.17) is 0 Å². The lowest BCUT2D eigenvalue weighted by atomic mass is 9.94. The lowest BCUT2D eigenvalue weighted by molar-refractivity contribution is -0.0154. The molecular weight excluding hydrogens is 816 g/mol. The van der Waals surface area contributed by atoms with Gasteiger partial charge >= 0.3 is 0 Å². The van der Waals surface area contributed by atoms with Crippen LogP contribution in [0, 0.1) is 0 Å². The van der Waals surface area contributed by atoms with Gasteiger partial charge in [0.25, 0.3) is 0 Å². The Morgan fingerprint density at radius 2 is 0.977 bits per heavy atom. The Morgan fingerprint density at radius 3 is 1.36 bits per heavy atom. The molecule has 0 amide bonds. The first-order chi connectivity index (χ1) is 20.9. The van der Waals surface area contributed by atoms with Crippen LogP contribution in [0.5, 0.6) is 0 Å². The van der Waals surface area contributed by atoms with Crippen molar-refractivity contribution in [3.05, 3.63) is 90.7 Å². The Bertz CT molecular complexity index is 1880. The van der Waals surface area contributed by atoms with Crippen molar-refractivity contribution >= 4 is 107 Å². The standard InChI is InChI=1S/C34H34Br4N4O2/c1-39(2)17-31(43)34(42-29-11-7-21(37)15-25(29)26-16-22(38)8-12-30(26)42)33(40(3)4)32(44)18-41-27-9-5-19(35)13-23(27)24-14-20(36)6-10-28(24)41/h5-16,31-34,43-44H,17-18H2,1-4H3. The molecule has 0 aliphatic rings. The van der Waals surface area contributed by atoms with Crippen molar-refractivity contribution in [1.29, 1.82) is 0 Å². The Hall–Kier alpha value is -1.76. The van der Waals surface area contributed by atoms with E-state index in [2.05, 4.69) is 126 Å². The first-order valence-electron chi connectivity index (χ1n) is 14.4. The number of hydrogen-bond acceptors (Lipinski definition) is 4. The van der Waals surface area contributed by atoms with Crippen LogP contribution < -0.4 is 0 Å². The molecule has 230 valence electrons. The van der Waals surface area contributed by atoms with Crippen LogP contribution in [0.25, 0.3) is 43.6 Å². The molecule has 0 fully saturated rings. The van der Waals surface area contributed by atoms with Crippen molar-refractivity contribution in [2.45, 2.75) is 30.8 Å². The third-order valence-corrected chi connectivity index (χ3v) is 10.4. The van der Waals surface area contributed by atoms with Gasteiger partial charge in [-0.25, -0.2) is 0 Å². The average molecular weight is 850 g/mol. The van der Waals surface area contributed by atoms with Gasteiger partial charge in [0.15, 0.2) is 0 Å². The number of aliphatic hydroxyl groups excluding tert-OH is 2. The fourth-order valence-corrected chi connectivity index (χ4v) is 8.22. The van der Waals surface area contributed by atoms with E-state index in [0.717, 1.165) is 61.5 Å². The highest BCUT2D eigenvalue weighted by Gasteiger charge is 2.38. The zero-order chi connectivity index (χ0) is 31.4. The van der Waals surface area contributed by atoms with E-state index in [1.54, 1.807) is 0 Å². The van der Waals surface area contributed by atoms with Gasteiger partial charge in [-0.15, -0.1) is 0 Å². The topological polar surface area (TPSA) is 56.8 Å². The zero-order valence-corrected chi connectivity index (χ0v) is 31.2. The van der Waals surface area contributed by atoms with Crippen molar-refractivity contribution in [2.75, 3.05) is 34.7 Å². The Kier molecular flexibility index (Phi) is 9.36. The maximum Gasteiger partial charge on any atom is 0.0895 e. The van der Waals surface area contributed by atoms with Crippen molar-refractivity contribution in [3.8, 4) is 0 Å². The summed E-state index contributed by atoms with van der Waals surface area (Å²) in [5.74, 6) is 0. The summed E-state index contributed by atoms with van der Waals surface area (Å²) in [7, 11) is 7.92. The highest BCUT2D eigenvalue weighted by atomic mass is 79.9. The summed E-state index contributed by atoms with van der Waals surface area (Å²) in [4.78, 5) is 4.06. The molecule has 4 unspecified atom stereocenters. The highest BCUT2D eigenvalue weighted by molar-refractivity contribution is 9.11. The average Bonchev–Trinajstić information content (AvgIpc) is 3.41. The fourth-order valence-electron chi connectivity index (χ4n) is 6.77. The minimum atomic E-state index is -0.823. The molecule has 2 aromatic heterocycles. The van der Waals surface area contributed by atoms with E-state index in [9.17, 15) is 10.2 Å². The van der Waals surface area contributed by atoms with Crippen LogP contribution in [0.3, 0.4) is 0 Å². The number of aromatic nitrogens is 2. The minimum Gasteiger partial charge on any atom is -0.390 e. The first kappa shape index (κ1) is 32.2. The summed E-state index contributed by atoms with van der Waals surface area (Å²) >= 11 is 14.6. The van der Waals surface area contributed by atoms with E-state index in [0.29, 0.717) is 13.1 Å². The maximum absolute atomic E-state index is 12.3. The maximum atomic E-state index is 12.3. The summed E-state index contributed by atoms with van der Waals surface area (Å²) in [6.07, 6.45) is -1.60. The molecule has 6 aromatic rings. The molecule has 0 saturated heterocycles. The van der Waals surface area contributed by atoms with Gasteiger partial charge in [-0.1, -0.05) is 63.7 Å². The van der Waals surface area contributed by atoms with Crippen molar-refractivity contribution in [1.82, 2.24) is 18.9 Å². The second-order valence-electron chi connectivity index (χ2n) is 12.0. The molecule has 0 aliphatic heterocycles. The number of likely N-dealkylation sites (N-methyl/N-ethyl adjacent to an activating group) is 2. The van der Waals surface area contributed by atoms with Gasteiger partial charge in [0.05, 0.1) is 30.8 Å². The van der Waals surface area contributed by atoms with Crippen LogP contribution >= 0.6 is 63.7 Å². The number of hydrogen-bond donors (Lipinski definition) is 2. The van der Waals surface area contributed by atoms with E-state index in [-0.39, 0.29) is 0 Å². The fraction of sp³-hybridized carbons (Fsp3) is 0.294. The smallest absolute Gasteiger partial charge is 0.0895 e. The number of rotatable bonds is 9. The Balaban J connectivity index is 1.55. The summed E-state index contributed by atoms with van der Waals surface area (Å²) in [6, 6.07) is 24.2. The molecule has 0 saturated carbocycles. The third kappa shape index (κ3) is 5.93. The highest BCUT2D eigenvalue weighted by Crippen LogP contribution is 2.39. The summed E-state index contributed by atoms with van der Waals surface area (Å²) in [5.41, 5.74) is 4.12. The normalized spacial score (nSPS) is 15.3. The van der Waals surface area contributed by atoms with Crippen LogP contribution in [0.1, 0.15) is 6.04 Å². The van der Waals surface area contributed by atoms with Gasteiger partial charge in [-0.05, 0) is 101 Å².